The number of pyridine rings is 1. The van der Waals surface area contributed by atoms with Gasteiger partial charge in [-0.25, -0.2) is 0 Å². The number of aryl methyl sites for hydroxylation is 1. The normalized spacial score (nSPS) is 11.0. The molecule has 0 spiro atoms. The number of carbonyl (C=O) groups is 1. The second-order valence-corrected chi connectivity index (χ2v) is 5.99. The molecule has 0 bridgehead atoms. The predicted molar refractivity (Wildman–Crippen MR) is 104 cm³/mol. The van der Waals surface area contributed by atoms with Crippen molar-refractivity contribution < 1.29 is 9.32 Å². The summed E-state index contributed by atoms with van der Waals surface area (Å²) >= 11 is 0. The first kappa shape index (κ1) is 18.5. The fourth-order valence-corrected chi connectivity index (χ4v) is 2.63. The van der Waals surface area contributed by atoms with Crippen LogP contribution in [-0.4, -0.2) is 39.0 Å². The van der Waals surface area contributed by atoms with E-state index in [1.54, 1.807) is 17.3 Å². The highest BCUT2D eigenvalue weighted by molar-refractivity contribution is 5.76. The van der Waals surface area contributed by atoms with Crippen molar-refractivity contribution in [2.75, 3.05) is 13.1 Å². The molecule has 0 saturated heterocycles. The number of benzene rings is 1. The predicted octanol–water partition coefficient (Wildman–Crippen LogP) is 3.63. The Bertz CT molecular complexity index is 875. The molecular weight excluding hydrogens is 340 g/mol. The Labute approximate surface area is 158 Å². The van der Waals surface area contributed by atoms with E-state index >= 15 is 0 Å². The molecule has 0 saturated carbocycles. The topological polar surface area (TPSA) is 72.1 Å². The van der Waals surface area contributed by atoms with Gasteiger partial charge in [0.2, 0.25) is 17.6 Å². The van der Waals surface area contributed by atoms with E-state index in [0.29, 0.717) is 37.6 Å². The molecule has 138 valence electrons. The summed E-state index contributed by atoms with van der Waals surface area (Å²) in [5, 5.41) is 3.96. The number of rotatable bonds is 8. The number of amides is 1. The lowest BCUT2D eigenvalue weighted by atomic mass is 10.2. The van der Waals surface area contributed by atoms with E-state index in [1.165, 1.54) is 0 Å². The van der Waals surface area contributed by atoms with Gasteiger partial charge < -0.3 is 9.42 Å². The van der Waals surface area contributed by atoms with Crippen LogP contribution in [0.15, 0.2) is 65.5 Å². The van der Waals surface area contributed by atoms with Crippen LogP contribution in [0.25, 0.3) is 17.5 Å². The summed E-state index contributed by atoms with van der Waals surface area (Å²) in [6.07, 6.45) is 8.15. The lowest BCUT2D eigenvalue weighted by Gasteiger charge is -2.18. The van der Waals surface area contributed by atoms with E-state index in [1.807, 2.05) is 61.5 Å². The van der Waals surface area contributed by atoms with Crippen LogP contribution in [0, 0.1) is 0 Å². The molecule has 0 atom stereocenters. The van der Waals surface area contributed by atoms with Crippen molar-refractivity contribution in [3.63, 3.8) is 0 Å². The molecule has 2 aromatic heterocycles. The van der Waals surface area contributed by atoms with Gasteiger partial charge in [0, 0.05) is 43.9 Å². The molecule has 6 heteroatoms. The monoisotopic (exact) mass is 362 g/mol. The Balaban J connectivity index is 1.51. The van der Waals surface area contributed by atoms with E-state index in [4.69, 9.17) is 4.52 Å². The fraction of sp³-hybridized carbons (Fsp3) is 0.238. The summed E-state index contributed by atoms with van der Waals surface area (Å²) < 4.78 is 5.26. The summed E-state index contributed by atoms with van der Waals surface area (Å²) in [5.74, 6) is 1.04. The molecule has 3 aromatic rings. The zero-order valence-corrected chi connectivity index (χ0v) is 15.3. The van der Waals surface area contributed by atoms with Crippen LogP contribution in [0.2, 0.25) is 0 Å². The number of carbonyl (C=O) groups excluding carboxylic acids is 1. The fourth-order valence-electron chi connectivity index (χ4n) is 2.63. The van der Waals surface area contributed by atoms with Gasteiger partial charge in [0.25, 0.3) is 0 Å². The average molecular weight is 362 g/mol. The van der Waals surface area contributed by atoms with Gasteiger partial charge in [-0.05, 0) is 24.6 Å². The van der Waals surface area contributed by atoms with Gasteiger partial charge >= 0.3 is 0 Å². The Morgan fingerprint density at radius 3 is 2.67 bits per heavy atom. The maximum absolute atomic E-state index is 12.5. The van der Waals surface area contributed by atoms with Crippen molar-refractivity contribution in [1.82, 2.24) is 20.0 Å². The highest BCUT2D eigenvalue weighted by atomic mass is 16.5. The molecule has 0 unspecified atom stereocenters. The van der Waals surface area contributed by atoms with Crippen molar-refractivity contribution in [1.29, 1.82) is 0 Å². The van der Waals surface area contributed by atoms with Crippen LogP contribution < -0.4 is 0 Å². The number of aromatic nitrogens is 3. The standard InChI is InChI=1S/C21H22N4O2/c1-2-25(16-6-9-17-7-4-3-5-8-17)20(26)11-10-19-23-21(24-27-19)18-12-14-22-15-13-18/h3-9,12-15H,2,10-11,16H2,1H3. The van der Waals surface area contributed by atoms with Crippen LogP contribution in [0.4, 0.5) is 0 Å². The number of likely N-dealkylation sites (N-methyl/N-ethyl adjacent to an activating group) is 1. The molecule has 1 aromatic carbocycles. The van der Waals surface area contributed by atoms with Crippen molar-refractivity contribution in [3.8, 4) is 11.4 Å². The van der Waals surface area contributed by atoms with Crippen LogP contribution in [0.3, 0.4) is 0 Å². The third kappa shape index (κ3) is 5.34. The highest BCUT2D eigenvalue weighted by Gasteiger charge is 2.14. The molecule has 0 radical (unpaired) electrons. The molecule has 0 aliphatic heterocycles. The summed E-state index contributed by atoms with van der Waals surface area (Å²) in [5.41, 5.74) is 1.96. The van der Waals surface area contributed by atoms with Crippen LogP contribution in [0.1, 0.15) is 24.8 Å². The van der Waals surface area contributed by atoms with Gasteiger partial charge in [-0.3, -0.25) is 9.78 Å². The summed E-state index contributed by atoms with van der Waals surface area (Å²) in [6.45, 7) is 3.21. The summed E-state index contributed by atoms with van der Waals surface area (Å²) in [6, 6.07) is 13.7. The molecular formula is C21H22N4O2. The Morgan fingerprint density at radius 2 is 1.93 bits per heavy atom. The van der Waals surface area contributed by atoms with Crippen molar-refractivity contribution in [2.24, 2.45) is 0 Å². The van der Waals surface area contributed by atoms with E-state index in [2.05, 4.69) is 15.1 Å². The maximum Gasteiger partial charge on any atom is 0.227 e. The van der Waals surface area contributed by atoms with Gasteiger partial charge in [-0.2, -0.15) is 4.98 Å². The van der Waals surface area contributed by atoms with Crippen molar-refractivity contribution in [2.45, 2.75) is 19.8 Å². The van der Waals surface area contributed by atoms with Crippen molar-refractivity contribution in [3.05, 3.63) is 72.4 Å². The maximum atomic E-state index is 12.5. The average Bonchev–Trinajstić information content (AvgIpc) is 3.20. The first-order valence-electron chi connectivity index (χ1n) is 8.98. The van der Waals surface area contributed by atoms with E-state index < -0.39 is 0 Å². The summed E-state index contributed by atoms with van der Waals surface area (Å²) in [7, 11) is 0. The quantitative estimate of drug-likeness (QED) is 0.612. The minimum Gasteiger partial charge on any atom is -0.339 e. The number of hydrogen-bond donors (Lipinski definition) is 0. The first-order chi connectivity index (χ1) is 13.3. The van der Waals surface area contributed by atoms with Gasteiger partial charge in [-0.15, -0.1) is 0 Å². The van der Waals surface area contributed by atoms with Crippen LogP contribution in [0.5, 0.6) is 0 Å². The second-order valence-electron chi connectivity index (χ2n) is 5.99. The summed E-state index contributed by atoms with van der Waals surface area (Å²) in [4.78, 5) is 22.6. The zero-order valence-electron chi connectivity index (χ0n) is 15.3. The van der Waals surface area contributed by atoms with Gasteiger partial charge in [-0.1, -0.05) is 47.6 Å². The van der Waals surface area contributed by atoms with Gasteiger partial charge in [0.05, 0.1) is 0 Å². The lowest BCUT2D eigenvalue weighted by Crippen LogP contribution is -2.31. The lowest BCUT2D eigenvalue weighted by molar-refractivity contribution is -0.130. The third-order valence-electron chi connectivity index (χ3n) is 4.13. The molecule has 27 heavy (non-hydrogen) atoms. The van der Waals surface area contributed by atoms with Gasteiger partial charge in [0.1, 0.15) is 0 Å². The van der Waals surface area contributed by atoms with E-state index in [-0.39, 0.29) is 5.91 Å². The Hall–Kier alpha value is -3.28. The van der Waals surface area contributed by atoms with E-state index in [0.717, 1.165) is 11.1 Å². The van der Waals surface area contributed by atoms with Gasteiger partial charge in [0.15, 0.2) is 0 Å². The minimum atomic E-state index is 0.0684. The van der Waals surface area contributed by atoms with E-state index in [9.17, 15) is 4.79 Å². The largest absolute Gasteiger partial charge is 0.339 e. The SMILES string of the molecule is CCN(CC=Cc1ccccc1)C(=O)CCc1nc(-c2ccncc2)no1. The Morgan fingerprint density at radius 1 is 1.15 bits per heavy atom. The highest BCUT2D eigenvalue weighted by Crippen LogP contribution is 2.15. The molecule has 2 heterocycles. The molecule has 0 fully saturated rings. The first-order valence-corrected chi connectivity index (χ1v) is 8.98. The Kier molecular flexibility index (Phi) is 6.46. The number of nitrogens with zero attached hydrogens (tertiary/aromatic N) is 4. The zero-order chi connectivity index (χ0) is 18.9. The number of hydrogen-bond acceptors (Lipinski definition) is 5. The molecule has 0 N–H and O–H groups in total. The van der Waals surface area contributed by atoms with Crippen molar-refractivity contribution >= 4 is 12.0 Å². The molecule has 3 rings (SSSR count). The molecule has 0 aliphatic rings. The molecule has 6 nitrogen and oxygen atoms in total. The van der Waals surface area contributed by atoms with Crippen LogP contribution in [-0.2, 0) is 11.2 Å². The molecule has 0 aliphatic carbocycles. The minimum absolute atomic E-state index is 0.0684. The third-order valence-corrected chi connectivity index (χ3v) is 4.13. The van der Waals surface area contributed by atoms with Crippen LogP contribution >= 0.6 is 0 Å². The molecule has 1 amide bonds. The smallest absolute Gasteiger partial charge is 0.227 e. The second kappa shape index (κ2) is 9.43.